The van der Waals surface area contributed by atoms with Crippen LogP contribution in [0.25, 0.3) is 0 Å². The van der Waals surface area contributed by atoms with Crippen molar-refractivity contribution in [2.75, 3.05) is 13.2 Å². The molecule has 0 fully saturated rings. The minimum absolute atomic E-state index is 0.101. The predicted octanol–water partition coefficient (Wildman–Crippen LogP) is 0.643. The Morgan fingerprint density at radius 3 is 2.44 bits per heavy atom. The maximum Gasteiger partial charge on any atom is 0.372 e. The van der Waals surface area contributed by atoms with Crippen molar-refractivity contribution in [1.82, 2.24) is 0 Å². The van der Waals surface area contributed by atoms with Crippen LogP contribution < -0.4 is 4.57 Å². The molecule has 0 atom stereocenters. The summed E-state index contributed by atoms with van der Waals surface area (Å²) < 4.78 is 11.5. The molecule has 0 aliphatic carbocycles. The smallest absolute Gasteiger partial charge is 0.372 e. The van der Waals surface area contributed by atoms with Gasteiger partial charge in [0, 0.05) is 12.1 Å². The van der Waals surface area contributed by atoms with Gasteiger partial charge < -0.3 is 9.47 Å². The molecule has 5 heteroatoms. The highest BCUT2D eigenvalue weighted by Gasteiger charge is 2.18. The molecule has 0 aliphatic heterocycles. The third-order valence-corrected chi connectivity index (χ3v) is 2.27. The van der Waals surface area contributed by atoms with Crippen LogP contribution in [-0.4, -0.2) is 25.2 Å². The van der Waals surface area contributed by atoms with E-state index >= 15 is 0 Å². The number of hydrogen-bond donors (Lipinski definition) is 0. The van der Waals surface area contributed by atoms with E-state index in [9.17, 15) is 9.59 Å². The van der Waals surface area contributed by atoms with E-state index in [0.29, 0.717) is 13.2 Å². The van der Waals surface area contributed by atoms with Crippen molar-refractivity contribution in [1.29, 1.82) is 0 Å². The van der Waals surface area contributed by atoms with Crippen LogP contribution in [0.4, 0.5) is 0 Å². The van der Waals surface area contributed by atoms with E-state index in [1.54, 1.807) is 36.7 Å². The van der Waals surface area contributed by atoms with Gasteiger partial charge in [0.2, 0.25) is 6.54 Å². The highest BCUT2D eigenvalue weighted by molar-refractivity contribution is 5.71. The highest BCUT2D eigenvalue weighted by atomic mass is 16.5. The molecular formula is C13H18NO4+. The number of carbonyl (C=O) groups is 2. The molecule has 5 nitrogen and oxygen atoms in total. The number of ether oxygens (including phenoxy) is 2. The molecule has 0 aliphatic rings. The zero-order chi connectivity index (χ0) is 13.4. The summed E-state index contributed by atoms with van der Waals surface area (Å²) >= 11 is 0. The SMILES string of the molecule is CCOC(=O)Cc1cccc[n+]1CC(=O)OCC. The molecule has 1 aromatic rings. The molecule has 1 heterocycles. The summed E-state index contributed by atoms with van der Waals surface area (Å²) in [6.45, 7) is 4.31. The molecule has 0 aromatic carbocycles. The minimum Gasteiger partial charge on any atom is -0.466 e. The number of aromatic nitrogens is 1. The molecule has 0 radical (unpaired) electrons. The first kappa shape index (κ1) is 14.2. The third-order valence-electron chi connectivity index (χ3n) is 2.27. The van der Waals surface area contributed by atoms with Crippen LogP contribution in [0.1, 0.15) is 19.5 Å². The molecule has 0 saturated carbocycles. The normalized spacial score (nSPS) is 9.89. The summed E-state index contributed by atoms with van der Waals surface area (Å²) in [6.07, 6.45) is 1.89. The Morgan fingerprint density at radius 1 is 1.11 bits per heavy atom. The van der Waals surface area contributed by atoms with Crippen LogP contribution in [0, 0.1) is 0 Å². The van der Waals surface area contributed by atoms with Crippen molar-refractivity contribution in [3.05, 3.63) is 30.1 Å². The molecule has 0 saturated heterocycles. The van der Waals surface area contributed by atoms with E-state index in [2.05, 4.69) is 0 Å². The maximum absolute atomic E-state index is 11.4. The van der Waals surface area contributed by atoms with Crippen molar-refractivity contribution in [3.63, 3.8) is 0 Å². The number of pyridine rings is 1. The molecule has 0 bridgehead atoms. The lowest BCUT2D eigenvalue weighted by Gasteiger charge is -2.04. The molecule has 1 aromatic heterocycles. The fraction of sp³-hybridized carbons (Fsp3) is 0.462. The van der Waals surface area contributed by atoms with Crippen molar-refractivity contribution < 1.29 is 23.6 Å². The zero-order valence-electron chi connectivity index (χ0n) is 10.7. The first-order chi connectivity index (χ1) is 8.67. The molecule has 0 N–H and O–H groups in total. The third kappa shape index (κ3) is 4.53. The molecule has 18 heavy (non-hydrogen) atoms. The molecule has 0 amide bonds. The maximum atomic E-state index is 11.4. The van der Waals surface area contributed by atoms with Crippen LogP contribution in [0.3, 0.4) is 0 Å². The van der Waals surface area contributed by atoms with Crippen molar-refractivity contribution in [3.8, 4) is 0 Å². The number of carbonyl (C=O) groups excluding carboxylic acids is 2. The number of esters is 2. The second kappa shape index (κ2) is 7.42. The van der Waals surface area contributed by atoms with E-state index in [1.807, 2.05) is 6.07 Å². The van der Waals surface area contributed by atoms with E-state index in [1.165, 1.54) is 0 Å². The molecule has 0 unspecified atom stereocenters. The summed E-state index contributed by atoms with van der Waals surface area (Å²) in [6, 6.07) is 5.40. The average Bonchev–Trinajstić information content (AvgIpc) is 2.32. The van der Waals surface area contributed by atoms with Gasteiger partial charge in [-0.2, -0.15) is 4.57 Å². The Kier molecular flexibility index (Phi) is 5.84. The van der Waals surface area contributed by atoms with Crippen LogP contribution in [-0.2, 0) is 32.0 Å². The second-order valence-corrected chi connectivity index (χ2v) is 3.61. The van der Waals surface area contributed by atoms with Gasteiger partial charge in [-0.1, -0.05) is 6.07 Å². The van der Waals surface area contributed by atoms with Gasteiger partial charge in [-0.25, -0.2) is 4.79 Å². The van der Waals surface area contributed by atoms with Gasteiger partial charge in [0.05, 0.1) is 13.2 Å². The molecule has 98 valence electrons. The molecular weight excluding hydrogens is 234 g/mol. The van der Waals surface area contributed by atoms with Gasteiger partial charge in [-0.05, 0) is 13.8 Å². The summed E-state index contributed by atoms with van der Waals surface area (Å²) in [4.78, 5) is 22.8. The standard InChI is InChI=1S/C13H18NO4/c1-3-17-12(15)9-11-7-5-6-8-14(11)10-13(16)18-4-2/h5-8H,3-4,9-10H2,1-2H3/q+1. The van der Waals surface area contributed by atoms with Gasteiger partial charge in [-0.3, -0.25) is 4.79 Å². The zero-order valence-corrected chi connectivity index (χ0v) is 10.7. The van der Waals surface area contributed by atoms with Gasteiger partial charge in [-0.15, -0.1) is 0 Å². The predicted molar refractivity (Wildman–Crippen MR) is 63.6 cm³/mol. The van der Waals surface area contributed by atoms with Crippen LogP contribution in [0.15, 0.2) is 24.4 Å². The van der Waals surface area contributed by atoms with Crippen molar-refractivity contribution >= 4 is 11.9 Å². The monoisotopic (exact) mass is 252 g/mol. The van der Waals surface area contributed by atoms with Gasteiger partial charge in [0.25, 0.3) is 0 Å². The summed E-state index contributed by atoms with van der Waals surface area (Å²) in [5.74, 6) is -0.625. The largest absolute Gasteiger partial charge is 0.466 e. The Morgan fingerprint density at radius 2 is 1.78 bits per heavy atom. The van der Waals surface area contributed by atoms with Crippen LogP contribution in [0.2, 0.25) is 0 Å². The van der Waals surface area contributed by atoms with E-state index in [0.717, 1.165) is 5.69 Å². The van der Waals surface area contributed by atoms with E-state index < -0.39 is 0 Å². The quantitative estimate of drug-likeness (QED) is 0.551. The minimum atomic E-state index is -0.321. The Bertz CT molecular complexity index is 378. The van der Waals surface area contributed by atoms with Gasteiger partial charge in [0.1, 0.15) is 6.42 Å². The molecule has 0 spiro atoms. The lowest BCUT2D eigenvalue weighted by atomic mass is 10.2. The fourth-order valence-electron chi connectivity index (χ4n) is 1.53. The number of nitrogens with zero attached hydrogens (tertiary/aromatic N) is 1. The number of hydrogen-bond acceptors (Lipinski definition) is 4. The summed E-state index contributed by atoms with van der Waals surface area (Å²) in [7, 11) is 0. The Labute approximate surface area is 106 Å². The van der Waals surface area contributed by atoms with Crippen molar-refractivity contribution in [2.45, 2.75) is 26.8 Å². The van der Waals surface area contributed by atoms with Crippen molar-refractivity contribution in [2.24, 2.45) is 0 Å². The molecule has 1 rings (SSSR count). The first-order valence-corrected chi connectivity index (χ1v) is 5.96. The topological polar surface area (TPSA) is 56.5 Å². The highest BCUT2D eigenvalue weighted by Crippen LogP contribution is 1.96. The van der Waals surface area contributed by atoms with Crippen LogP contribution in [0.5, 0.6) is 0 Å². The number of rotatable bonds is 6. The average molecular weight is 252 g/mol. The van der Waals surface area contributed by atoms with E-state index in [4.69, 9.17) is 9.47 Å². The lowest BCUT2D eigenvalue weighted by Crippen LogP contribution is -2.43. The Balaban J connectivity index is 2.73. The second-order valence-electron chi connectivity index (χ2n) is 3.61. The first-order valence-electron chi connectivity index (χ1n) is 5.96. The Hall–Kier alpha value is -1.91. The summed E-state index contributed by atoms with van der Waals surface area (Å²) in [5.41, 5.74) is 0.726. The fourth-order valence-corrected chi connectivity index (χ4v) is 1.53. The van der Waals surface area contributed by atoms with E-state index in [-0.39, 0.29) is 24.9 Å². The summed E-state index contributed by atoms with van der Waals surface area (Å²) in [5, 5.41) is 0. The van der Waals surface area contributed by atoms with Gasteiger partial charge in [0.15, 0.2) is 11.9 Å². The van der Waals surface area contributed by atoms with Gasteiger partial charge >= 0.3 is 11.9 Å². The van der Waals surface area contributed by atoms with Crippen LogP contribution >= 0.6 is 0 Å². The lowest BCUT2D eigenvalue weighted by molar-refractivity contribution is -0.692.